The summed E-state index contributed by atoms with van der Waals surface area (Å²) in [6.45, 7) is 2.45. The fourth-order valence-corrected chi connectivity index (χ4v) is 3.71. The van der Waals surface area contributed by atoms with Crippen LogP contribution >= 0.6 is 12.4 Å². The molecule has 10 heteroatoms. The van der Waals surface area contributed by atoms with Gasteiger partial charge in [-0.1, -0.05) is 0 Å². The molecule has 1 aliphatic heterocycles. The molecule has 0 saturated carbocycles. The smallest absolute Gasteiger partial charge is 0.276 e. The van der Waals surface area contributed by atoms with Gasteiger partial charge in [0.2, 0.25) is 10.0 Å². The molecular weight excluding hydrogens is 337 g/mol. The summed E-state index contributed by atoms with van der Waals surface area (Å²) in [5.74, 6) is -0.902. The first kappa shape index (κ1) is 18.8. The molecule has 124 valence electrons. The Kier molecular flexibility index (Phi) is 5.85. The Morgan fingerprint density at radius 2 is 2.09 bits per heavy atom. The van der Waals surface area contributed by atoms with E-state index in [1.807, 2.05) is 0 Å². The highest BCUT2D eigenvalue weighted by molar-refractivity contribution is 7.89. The fraction of sp³-hybridized carbons (Fsp3) is 0.500. The van der Waals surface area contributed by atoms with Crippen LogP contribution in [0.3, 0.4) is 0 Å². The number of hydrogen-bond donors (Lipinski definition) is 1. The van der Waals surface area contributed by atoms with E-state index in [1.165, 1.54) is 14.0 Å². The van der Waals surface area contributed by atoms with Gasteiger partial charge in [0.15, 0.2) is 0 Å². The van der Waals surface area contributed by atoms with E-state index in [9.17, 15) is 22.9 Å². The molecular formula is C12H17ClFN3O4S. The van der Waals surface area contributed by atoms with E-state index < -0.39 is 31.3 Å². The number of sulfonamides is 1. The minimum absolute atomic E-state index is 0. The zero-order chi connectivity index (χ0) is 15.8. The van der Waals surface area contributed by atoms with Crippen molar-refractivity contribution in [2.24, 2.45) is 0 Å². The maximum Gasteiger partial charge on any atom is 0.276 e. The van der Waals surface area contributed by atoms with Crippen molar-refractivity contribution in [1.29, 1.82) is 0 Å². The molecule has 1 atom stereocenters. The molecule has 0 amide bonds. The lowest BCUT2D eigenvalue weighted by Crippen LogP contribution is -2.38. The van der Waals surface area contributed by atoms with Crippen molar-refractivity contribution in [2.75, 3.05) is 20.1 Å². The molecule has 1 saturated heterocycles. The van der Waals surface area contributed by atoms with E-state index in [0.717, 1.165) is 16.4 Å². The quantitative estimate of drug-likeness (QED) is 0.653. The monoisotopic (exact) mass is 353 g/mol. The van der Waals surface area contributed by atoms with Crippen LogP contribution in [0.25, 0.3) is 0 Å². The van der Waals surface area contributed by atoms with Crippen molar-refractivity contribution in [3.05, 3.63) is 33.6 Å². The predicted molar refractivity (Wildman–Crippen MR) is 81.3 cm³/mol. The second kappa shape index (κ2) is 6.86. The summed E-state index contributed by atoms with van der Waals surface area (Å²) in [4.78, 5) is 9.72. The third-order valence-corrected chi connectivity index (χ3v) is 5.60. The SMILES string of the molecule is Cc1c(F)cc(S(=O)(=O)N(C)C2CCNC2)cc1[N+](=O)[O-].Cl. The normalized spacial score (nSPS) is 18.3. The maximum absolute atomic E-state index is 13.8. The van der Waals surface area contributed by atoms with Gasteiger partial charge in [-0.25, -0.2) is 12.8 Å². The predicted octanol–water partition coefficient (Wildman–Crippen LogP) is 1.45. The molecule has 1 aromatic carbocycles. The minimum atomic E-state index is -3.97. The number of nitro benzene ring substituents is 1. The van der Waals surface area contributed by atoms with Crippen LogP contribution < -0.4 is 5.32 Å². The van der Waals surface area contributed by atoms with Gasteiger partial charge < -0.3 is 5.32 Å². The number of nitro groups is 1. The molecule has 1 aliphatic rings. The minimum Gasteiger partial charge on any atom is -0.315 e. The Morgan fingerprint density at radius 1 is 1.45 bits per heavy atom. The molecule has 0 aliphatic carbocycles. The van der Waals surface area contributed by atoms with Crippen LogP contribution in [0.5, 0.6) is 0 Å². The van der Waals surface area contributed by atoms with Crippen molar-refractivity contribution in [1.82, 2.24) is 9.62 Å². The van der Waals surface area contributed by atoms with Crippen LogP contribution in [-0.4, -0.2) is 43.8 Å². The van der Waals surface area contributed by atoms with Gasteiger partial charge in [0.25, 0.3) is 5.69 Å². The highest BCUT2D eigenvalue weighted by Crippen LogP contribution is 2.28. The zero-order valence-electron chi connectivity index (χ0n) is 12.1. The first-order chi connectivity index (χ1) is 9.75. The summed E-state index contributed by atoms with van der Waals surface area (Å²) in [7, 11) is -2.57. The number of benzene rings is 1. The van der Waals surface area contributed by atoms with Gasteiger partial charge in [0.05, 0.1) is 15.4 Å². The summed E-state index contributed by atoms with van der Waals surface area (Å²) in [6, 6.07) is 1.50. The number of rotatable bonds is 4. The average molecular weight is 354 g/mol. The van der Waals surface area contributed by atoms with Gasteiger partial charge >= 0.3 is 0 Å². The molecule has 0 radical (unpaired) electrons. The summed E-state index contributed by atoms with van der Waals surface area (Å²) in [5, 5.41) is 13.9. The largest absolute Gasteiger partial charge is 0.315 e. The first-order valence-corrected chi connectivity index (χ1v) is 7.82. The molecule has 1 N–H and O–H groups in total. The van der Waals surface area contributed by atoms with Gasteiger partial charge in [0, 0.05) is 25.7 Å². The third-order valence-electron chi connectivity index (χ3n) is 3.71. The summed E-state index contributed by atoms with van der Waals surface area (Å²) in [6.07, 6.45) is 0.645. The molecule has 0 spiro atoms. The van der Waals surface area contributed by atoms with Crippen molar-refractivity contribution in [3.8, 4) is 0 Å². The van der Waals surface area contributed by atoms with Crippen molar-refractivity contribution in [2.45, 2.75) is 24.3 Å². The van der Waals surface area contributed by atoms with Crippen LogP contribution in [0.1, 0.15) is 12.0 Å². The van der Waals surface area contributed by atoms with E-state index in [-0.39, 0.29) is 24.0 Å². The fourth-order valence-electron chi connectivity index (χ4n) is 2.29. The van der Waals surface area contributed by atoms with Gasteiger partial charge in [-0.3, -0.25) is 10.1 Å². The van der Waals surface area contributed by atoms with Crippen molar-refractivity contribution in [3.63, 3.8) is 0 Å². The molecule has 22 heavy (non-hydrogen) atoms. The third kappa shape index (κ3) is 3.37. The molecule has 0 aromatic heterocycles. The number of hydrogen-bond acceptors (Lipinski definition) is 5. The van der Waals surface area contributed by atoms with Crippen LogP contribution in [0.2, 0.25) is 0 Å². The lowest BCUT2D eigenvalue weighted by molar-refractivity contribution is -0.385. The number of likely N-dealkylation sites (N-methyl/N-ethyl adjacent to an activating group) is 1. The van der Waals surface area contributed by atoms with Crippen LogP contribution in [-0.2, 0) is 10.0 Å². The van der Waals surface area contributed by atoms with E-state index >= 15 is 0 Å². The van der Waals surface area contributed by atoms with Crippen molar-refractivity contribution < 1.29 is 17.7 Å². The summed E-state index contributed by atoms with van der Waals surface area (Å²) in [5.41, 5.74) is -0.712. The van der Waals surface area contributed by atoms with Gasteiger partial charge in [-0.15, -0.1) is 12.4 Å². The summed E-state index contributed by atoms with van der Waals surface area (Å²) < 4.78 is 39.8. The second-order valence-electron chi connectivity index (χ2n) is 4.97. The Balaban J connectivity index is 0.00000242. The standard InChI is InChI=1S/C12H16FN3O4S.ClH/c1-8-11(13)5-10(6-12(8)16(17)18)21(19,20)15(2)9-3-4-14-7-9;/h5-6,9,14H,3-4,7H2,1-2H3;1H. The van der Waals surface area contributed by atoms with Crippen LogP contribution in [0, 0.1) is 22.9 Å². The van der Waals surface area contributed by atoms with E-state index in [0.29, 0.717) is 19.5 Å². The lowest BCUT2D eigenvalue weighted by Gasteiger charge is -2.23. The maximum atomic E-state index is 13.8. The lowest BCUT2D eigenvalue weighted by atomic mass is 10.2. The number of nitrogens with one attached hydrogen (secondary N) is 1. The number of halogens is 2. The molecule has 1 heterocycles. The highest BCUT2D eigenvalue weighted by Gasteiger charge is 2.32. The average Bonchev–Trinajstić information content (AvgIpc) is 2.94. The van der Waals surface area contributed by atoms with Crippen LogP contribution in [0.15, 0.2) is 17.0 Å². The molecule has 7 nitrogen and oxygen atoms in total. The molecule has 1 fully saturated rings. The Hall–Kier alpha value is -1.29. The van der Waals surface area contributed by atoms with Crippen LogP contribution in [0.4, 0.5) is 10.1 Å². The second-order valence-corrected chi connectivity index (χ2v) is 6.97. The van der Waals surface area contributed by atoms with E-state index in [1.54, 1.807) is 0 Å². The number of nitrogens with zero attached hydrogens (tertiary/aromatic N) is 2. The Morgan fingerprint density at radius 3 is 2.59 bits per heavy atom. The van der Waals surface area contributed by atoms with Gasteiger partial charge in [-0.2, -0.15) is 4.31 Å². The Labute approximate surface area is 134 Å². The Bertz CT molecular complexity index is 677. The van der Waals surface area contributed by atoms with Gasteiger partial charge in [0.1, 0.15) is 5.82 Å². The van der Waals surface area contributed by atoms with E-state index in [4.69, 9.17) is 0 Å². The molecule has 1 unspecified atom stereocenters. The highest BCUT2D eigenvalue weighted by atomic mass is 35.5. The zero-order valence-corrected chi connectivity index (χ0v) is 13.7. The molecule has 1 aromatic rings. The molecule has 0 bridgehead atoms. The molecule has 2 rings (SSSR count). The van der Waals surface area contributed by atoms with Crippen molar-refractivity contribution >= 4 is 28.1 Å². The van der Waals surface area contributed by atoms with E-state index in [2.05, 4.69) is 5.32 Å². The topological polar surface area (TPSA) is 92.6 Å². The summed E-state index contributed by atoms with van der Waals surface area (Å²) >= 11 is 0. The van der Waals surface area contributed by atoms with Gasteiger partial charge in [-0.05, 0) is 26.0 Å². The first-order valence-electron chi connectivity index (χ1n) is 6.38.